The van der Waals surface area contributed by atoms with Crippen LogP contribution in [0.4, 0.5) is 0 Å². The van der Waals surface area contributed by atoms with Gasteiger partial charge >= 0.3 is 0 Å². The van der Waals surface area contributed by atoms with Crippen LogP contribution in [0.3, 0.4) is 0 Å². The Balaban J connectivity index is 2.19. The average molecular weight is 429 g/mol. The topological polar surface area (TPSA) is 82.0 Å². The van der Waals surface area contributed by atoms with Crippen LogP contribution in [0, 0.1) is 0 Å². The second-order valence-electron chi connectivity index (χ2n) is 6.32. The molecule has 2 aromatic carbocycles. The Morgan fingerprint density at radius 1 is 1.03 bits per heavy atom. The Bertz CT molecular complexity index is 1210. The molecule has 0 aromatic heterocycles. The summed E-state index contributed by atoms with van der Waals surface area (Å²) in [6.07, 6.45) is -17.2. The molecule has 5 nitrogen and oxygen atoms in total. The minimum absolute atomic E-state index is 0.0686. The zero-order chi connectivity index (χ0) is 33.1. The van der Waals surface area contributed by atoms with Crippen molar-refractivity contribution in [1.82, 2.24) is 5.32 Å². The van der Waals surface area contributed by atoms with E-state index in [0.29, 0.717) is 12.8 Å². The second kappa shape index (κ2) is 15.0. The number of hydrogen-bond acceptors (Lipinski definition) is 5. The molecule has 0 spiro atoms. The fourth-order valence-corrected chi connectivity index (χ4v) is 2.52. The zero-order valence-electron chi connectivity index (χ0n) is 29.6. The van der Waals surface area contributed by atoms with Crippen LogP contribution >= 0.6 is 0 Å². The van der Waals surface area contributed by atoms with E-state index in [4.69, 9.17) is 22.6 Å². The lowest BCUT2D eigenvalue weighted by Crippen LogP contribution is -2.22. The molecule has 0 aliphatic carbocycles. The van der Waals surface area contributed by atoms with E-state index in [2.05, 4.69) is 0 Å². The molecular formula is C25H37NO4. The van der Waals surface area contributed by atoms with Crippen LogP contribution in [-0.4, -0.2) is 41.5 Å². The highest BCUT2D eigenvalue weighted by Gasteiger charge is 2.09. The number of phenols is 1. The van der Waals surface area contributed by atoms with E-state index in [1.54, 1.807) is 0 Å². The summed E-state index contributed by atoms with van der Waals surface area (Å²) in [7, 11) is 0. The lowest BCUT2D eigenvalue weighted by Gasteiger charge is -2.14. The Hall–Kier alpha value is -1.92. The van der Waals surface area contributed by atoms with Crippen LogP contribution < -0.4 is 5.32 Å². The maximum Gasteiger partial charge on any atom is 0.121 e. The fraction of sp³-hybridized carbons (Fsp3) is 0.520. The summed E-state index contributed by atoms with van der Waals surface area (Å²) in [6, 6.07) is 12.5. The number of aryl methyl sites for hydroxylation is 1. The van der Waals surface area contributed by atoms with E-state index >= 15 is 0 Å². The first-order chi connectivity index (χ1) is 19.5. The molecule has 2 rings (SSSR count). The Labute approximate surface area is 199 Å². The van der Waals surface area contributed by atoms with Gasteiger partial charge in [-0.3, -0.25) is 0 Å². The maximum atomic E-state index is 10.6. The number of hydrogen-bond donors (Lipinski definition) is 4. The third-order valence-electron chi connectivity index (χ3n) is 4.11. The third-order valence-corrected chi connectivity index (χ3v) is 4.11. The van der Waals surface area contributed by atoms with Gasteiger partial charge in [0.2, 0.25) is 0 Å². The van der Waals surface area contributed by atoms with Crippen molar-refractivity contribution in [3.8, 4) is 5.75 Å². The molecule has 0 heterocycles. The molecule has 0 saturated carbocycles. The summed E-state index contributed by atoms with van der Waals surface area (Å²) < 4.78 is 111. The Morgan fingerprint density at radius 2 is 1.83 bits per heavy atom. The van der Waals surface area contributed by atoms with Crippen molar-refractivity contribution in [3.63, 3.8) is 0 Å². The van der Waals surface area contributed by atoms with Gasteiger partial charge in [0.05, 0.1) is 16.8 Å². The SMILES string of the molecule is [2H]C(O)(CNC([2H])([2H])C([2H])([2H])C([2H])([2H])C([2H])([2H])C([2H])([2H])C([2H])([2H])OCCCCc1ccccc1)c1ccc(O)c(CO)c1. The van der Waals surface area contributed by atoms with Gasteiger partial charge in [0.25, 0.3) is 0 Å². The summed E-state index contributed by atoms with van der Waals surface area (Å²) in [5.41, 5.74) is 0.695. The first-order valence-electron chi connectivity index (χ1n) is 16.1. The van der Waals surface area contributed by atoms with Gasteiger partial charge in [0.1, 0.15) is 5.75 Å². The van der Waals surface area contributed by atoms with E-state index < -0.39 is 57.8 Å². The summed E-state index contributed by atoms with van der Waals surface area (Å²) in [5.74, 6) is -0.345. The first-order valence-corrected chi connectivity index (χ1v) is 9.57. The number of rotatable bonds is 16. The number of ether oxygens (including phenoxy) is 1. The minimum atomic E-state index is -4.06. The van der Waals surface area contributed by atoms with Crippen molar-refractivity contribution < 1.29 is 37.9 Å². The van der Waals surface area contributed by atoms with Gasteiger partial charge in [-0.1, -0.05) is 49.1 Å². The van der Waals surface area contributed by atoms with Crippen LogP contribution in [0.25, 0.3) is 0 Å². The van der Waals surface area contributed by atoms with Gasteiger partial charge in [0.15, 0.2) is 0 Å². The summed E-state index contributed by atoms with van der Waals surface area (Å²) in [5, 5.41) is 31.4. The van der Waals surface area contributed by atoms with Crippen molar-refractivity contribution in [3.05, 3.63) is 65.2 Å². The molecule has 0 bridgehead atoms. The normalized spacial score (nSPS) is 22.5. The molecule has 1 unspecified atom stereocenters. The molecule has 4 N–H and O–H groups in total. The average Bonchev–Trinajstić information content (AvgIpc) is 2.92. The van der Waals surface area contributed by atoms with Crippen molar-refractivity contribution >= 4 is 0 Å². The van der Waals surface area contributed by atoms with Crippen molar-refractivity contribution in [2.24, 2.45) is 0 Å². The fourth-order valence-electron chi connectivity index (χ4n) is 2.52. The number of benzene rings is 2. The quantitative estimate of drug-likeness (QED) is 0.303. The Kier molecular flexibility index (Phi) is 5.80. The number of aliphatic hydroxyl groups is 2. The highest BCUT2D eigenvalue weighted by Crippen LogP contribution is 2.22. The summed E-state index contributed by atoms with van der Waals surface area (Å²) in [4.78, 5) is 0. The third kappa shape index (κ3) is 9.72. The molecule has 0 amide bonds. The highest BCUT2D eigenvalue weighted by atomic mass is 16.5. The van der Waals surface area contributed by atoms with Gasteiger partial charge in [0, 0.05) is 39.0 Å². The van der Waals surface area contributed by atoms with Crippen LogP contribution in [0.15, 0.2) is 48.5 Å². The van der Waals surface area contributed by atoms with Crippen LogP contribution in [0.5, 0.6) is 5.75 Å². The van der Waals surface area contributed by atoms with Crippen LogP contribution in [0.1, 0.15) is 78.9 Å². The zero-order valence-corrected chi connectivity index (χ0v) is 16.6. The van der Waals surface area contributed by atoms with E-state index in [0.717, 1.165) is 23.8 Å². The molecule has 30 heavy (non-hydrogen) atoms. The highest BCUT2D eigenvalue weighted by molar-refractivity contribution is 5.36. The first kappa shape index (κ1) is 11.6. The number of aromatic hydroxyl groups is 1. The van der Waals surface area contributed by atoms with E-state index in [1.165, 1.54) is 0 Å². The molecule has 166 valence electrons. The minimum Gasteiger partial charge on any atom is -0.508 e. The lowest BCUT2D eigenvalue weighted by molar-refractivity contribution is 0.126. The Morgan fingerprint density at radius 3 is 2.63 bits per heavy atom. The number of nitrogens with one attached hydrogen (secondary N) is 1. The van der Waals surface area contributed by atoms with E-state index in [9.17, 15) is 15.3 Å². The van der Waals surface area contributed by atoms with E-state index in [1.807, 2.05) is 35.6 Å². The van der Waals surface area contributed by atoms with Crippen LogP contribution in [-0.2, 0) is 17.8 Å². The largest absolute Gasteiger partial charge is 0.508 e. The van der Waals surface area contributed by atoms with E-state index in [-0.39, 0.29) is 29.9 Å². The smallest absolute Gasteiger partial charge is 0.121 e. The van der Waals surface area contributed by atoms with Gasteiger partial charge in [-0.25, -0.2) is 0 Å². The second-order valence-corrected chi connectivity index (χ2v) is 6.32. The monoisotopic (exact) mass is 428 g/mol. The maximum absolute atomic E-state index is 10.6. The molecule has 0 fully saturated rings. The van der Waals surface area contributed by atoms with Gasteiger partial charge < -0.3 is 25.4 Å². The standard InChI is InChI=1S/C25H37NO4/c27-20-23-18-22(13-14-24(23)28)25(29)19-26-15-7-1-2-8-16-30-17-9-6-12-21-10-4-3-5-11-21/h3-5,10-11,13-14,18,25-29H,1-2,6-9,12,15-17,19-20H2/i1D2,2D2,7D2,8D2,15D2,16D2,25D. The summed E-state index contributed by atoms with van der Waals surface area (Å²) in [6.45, 7) is -9.12. The van der Waals surface area contributed by atoms with Gasteiger partial charge in [-0.2, -0.15) is 0 Å². The van der Waals surface area contributed by atoms with Crippen molar-refractivity contribution in [2.45, 2.75) is 57.4 Å². The molecule has 0 saturated heterocycles. The molecule has 0 radical (unpaired) electrons. The van der Waals surface area contributed by atoms with Gasteiger partial charge in [-0.15, -0.1) is 0 Å². The molecule has 2 aromatic rings. The number of aliphatic hydroxyl groups excluding tert-OH is 1. The molecular weight excluding hydrogens is 378 g/mol. The molecule has 5 heteroatoms. The van der Waals surface area contributed by atoms with Gasteiger partial charge in [-0.05, 0) is 61.8 Å². The predicted octanol–water partition coefficient (Wildman–Crippen LogP) is 4.11. The van der Waals surface area contributed by atoms with Crippen molar-refractivity contribution in [2.75, 3.05) is 26.2 Å². The molecule has 0 aliphatic rings. The van der Waals surface area contributed by atoms with Crippen molar-refractivity contribution in [1.29, 1.82) is 0 Å². The molecule has 1 atom stereocenters. The predicted molar refractivity (Wildman–Crippen MR) is 121 cm³/mol. The lowest BCUT2D eigenvalue weighted by atomic mass is 10.1. The van der Waals surface area contributed by atoms with Crippen LogP contribution in [0.2, 0.25) is 0 Å². The molecule has 0 aliphatic heterocycles. The summed E-state index contributed by atoms with van der Waals surface area (Å²) >= 11 is 0. The number of unbranched alkanes of at least 4 members (excludes halogenated alkanes) is 1.